The van der Waals surface area contributed by atoms with Crippen molar-refractivity contribution in [2.75, 3.05) is 7.11 Å². The molecule has 1 rings (SSSR count). The Labute approximate surface area is 71.9 Å². The molecule has 0 saturated carbocycles. The van der Waals surface area contributed by atoms with Gasteiger partial charge in [-0.2, -0.15) is 0 Å². The average Bonchev–Trinajstić information content (AvgIpc) is 2.05. The first-order valence-electron chi connectivity index (χ1n) is 3.52. The van der Waals surface area contributed by atoms with E-state index in [9.17, 15) is 0 Å². The molecule has 1 aromatic rings. The molecule has 0 unspecified atom stereocenters. The van der Waals surface area contributed by atoms with Crippen molar-refractivity contribution < 1.29 is 4.74 Å². The van der Waals surface area contributed by atoms with E-state index < -0.39 is 0 Å². The summed E-state index contributed by atoms with van der Waals surface area (Å²) in [7, 11) is 1.64. The van der Waals surface area contributed by atoms with Gasteiger partial charge < -0.3 is 4.74 Å². The Hall–Kier alpha value is -0.690. The van der Waals surface area contributed by atoms with Crippen molar-refractivity contribution >= 4 is 11.6 Å². The number of rotatable bonds is 2. The molecule has 1 radical (unpaired) electrons. The minimum atomic E-state index is 0.688. The number of hydrogen-bond donors (Lipinski definition) is 0. The maximum absolute atomic E-state index is 5.84. The zero-order valence-corrected chi connectivity index (χ0v) is 7.40. The molecule has 59 valence electrons. The highest BCUT2D eigenvalue weighted by Crippen LogP contribution is 2.21. The molecule has 2 heteroatoms. The Kier molecular flexibility index (Phi) is 2.77. The molecule has 0 aliphatic rings. The van der Waals surface area contributed by atoms with Crippen molar-refractivity contribution in [3.8, 4) is 5.75 Å². The van der Waals surface area contributed by atoms with E-state index in [-0.39, 0.29) is 0 Å². The molecule has 0 aliphatic carbocycles. The lowest BCUT2D eigenvalue weighted by Crippen LogP contribution is -1.86. The maximum atomic E-state index is 5.84. The second-order valence-electron chi connectivity index (χ2n) is 2.23. The molecule has 0 spiro atoms. The topological polar surface area (TPSA) is 9.23 Å². The number of ether oxygens (including phenoxy) is 1. The lowest BCUT2D eigenvalue weighted by atomic mass is 10.2. The van der Waals surface area contributed by atoms with Crippen LogP contribution in [0.15, 0.2) is 12.1 Å². The largest absolute Gasteiger partial charge is 0.497 e. The molecule has 11 heavy (non-hydrogen) atoms. The summed E-state index contributed by atoms with van der Waals surface area (Å²) in [6.45, 7) is 2.05. The van der Waals surface area contributed by atoms with Crippen molar-refractivity contribution in [2.45, 2.75) is 13.3 Å². The highest BCUT2D eigenvalue weighted by atomic mass is 35.5. The van der Waals surface area contributed by atoms with Crippen LogP contribution in [0.5, 0.6) is 5.75 Å². The van der Waals surface area contributed by atoms with E-state index in [1.54, 1.807) is 13.2 Å². The molecule has 0 bridgehead atoms. The second kappa shape index (κ2) is 3.63. The summed E-state index contributed by atoms with van der Waals surface area (Å²) in [6, 6.07) is 6.58. The van der Waals surface area contributed by atoms with Crippen LogP contribution < -0.4 is 4.74 Å². The summed E-state index contributed by atoms with van der Waals surface area (Å²) in [5.41, 5.74) is 1.08. The standard InChI is InChI=1S/C9H10ClO/c1-3-7-6-8(11-2)4-5-9(7)10/h4,6H,3H2,1-2H3. The van der Waals surface area contributed by atoms with Crippen LogP contribution in [0.25, 0.3) is 0 Å². The van der Waals surface area contributed by atoms with E-state index in [2.05, 4.69) is 13.0 Å². The molecule has 0 atom stereocenters. The van der Waals surface area contributed by atoms with Gasteiger partial charge in [0.05, 0.1) is 12.1 Å². The van der Waals surface area contributed by atoms with Gasteiger partial charge in [0.2, 0.25) is 0 Å². The smallest absolute Gasteiger partial charge is 0.119 e. The van der Waals surface area contributed by atoms with Crippen LogP contribution in [0.4, 0.5) is 0 Å². The van der Waals surface area contributed by atoms with Crippen LogP contribution in [0, 0.1) is 6.07 Å². The molecule has 0 aliphatic heterocycles. The number of aryl methyl sites for hydroxylation is 1. The third kappa shape index (κ3) is 1.87. The number of halogens is 1. The van der Waals surface area contributed by atoms with Crippen molar-refractivity contribution in [1.29, 1.82) is 0 Å². The zero-order chi connectivity index (χ0) is 8.27. The minimum absolute atomic E-state index is 0.688. The van der Waals surface area contributed by atoms with Gasteiger partial charge in [-0.3, -0.25) is 0 Å². The van der Waals surface area contributed by atoms with Gasteiger partial charge in [-0.15, -0.1) is 0 Å². The van der Waals surface area contributed by atoms with E-state index in [1.165, 1.54) is 0 Å². The van der Waals surface area contributed by atoms with Gasteiger partial charge >= 0.3 is 0 Å². The maximum Gasteiger partial charge on any atom is 0.119 e. The molecule has 0 heterocycles. The Morgan fingerprint density at radius 2 is 2.36 bits per heavy atom. The average molecular weight is 170 g/mol. The Morgan fingerprint density at radius 3 is 2.91 bits per heavy atom. The SMILES string of the molecule is CCc1cc(OC)c[c]c1Cl. The summed E-state index contributed by atoms with van der Waals surface area (Å²) < 4.78 is 5.02. The molecule has 0 N–H and O–H groups in total. The third-order valence-corrected chi connectivity index (χ3v) is 1.91. The fourth-order valence-electron chi connectivity index (χ4n) is 0.879. The van der Waals surface area contributed by atoms with Crippen molar-refractivity contribution in [3.63, 3.8) is 0 Å². The summed E-state index contributed by atoms with van der Waals surface area (Å²) in [5.74, 6) is 0.811. The summed E-state index contributed by atoms with van der Waals surface area (Å²) in [4.78, 5) is 0. The van der Waals surface area contributed by atoms with E-state index in [0.29, 0.717) is 5.02 Å². The monoisotopic (exact) mass is 169 g/mol. The van der Waals surface area contributed by atoms with E-state index >= 15 is 0 Å². The molecule has 1 nitrogen and oxygen atoms in total. The Bertz CT molecular complexity index is 245. The fraction of sp³-hybridized carbons (Fsp3) is 0.333. The lowest BCUT2D eigenvalue weighted by molar-refractivity contribution is 0.414. The Balaban J connectivity index is 3.02. The first kappa shape index (κ1) is 8.41. The van der Waals surface area contributed by atoms with Crippen LogP contribution in [0.2, 0.25) is 5.02 Å². The number of benzene rings is 1. The predicted molar refractivity (Wildman–Crippen MR) is 46.2 cm³/mol. The van der Waals surface area contributed by atoms with Crippen LogP contribution in [0.3, 0.4) is 0 Å². The normalized spacial score (nSPS) is 9.73. The highest BCUT2D eigenvalue weighted by molar-refractivity contribution is 6.31. The van der Waals surface area contributed by atoms with E-state index in [1.807, 2.05) is 6.07 Å². The van der Waals surface area contributed by atoms with E-state index in [0.717, 1.165) is 17.7 Å². The molecular weight excluding hydrogens is 160 g/mol. The quantitative estimate of drug-likeness (QED) is 0.662. The van der Waals surface area contributed by atoms with Crippen LogP contribution in [-0.4, -0.2) is 7.11 Å². The minimum Gasteiger partial charge on any atom is -0.497 e. The molecule has 0 aromatic heterocycles. The summed E-state index contributed by atoms with van der Waals surface area (Å²) in [6.07, 6.45) is 0.909. The molecule has 0 fully saturated rings. The molecule has 0 amide bonds. The van der Waals surface area contributed by atoms with Gasteiger partial charge in [-0.25, -0.2) is 0 Å². The van der Waals surface area contributed by atoms with Crippen molar-refractivity contribution in [1.82, 2.24) is 0 Å². The van der Waals surface area contributed by atoms with Crippen LogP contribution in [0.1, 0.15) is 12.5 Å². The first-order chi connectivity index (χ1) is 5.27. The van der Waals surface area contributed by atoms with Gasteiger partial charge in [0, 0.05) is 6.07 Å². The third-order valence-electron chi connectivity index (χ3n) is 1.56. The zero-order valence-electron chi connectivity index (χ0n) is 6.65. The number of methoxy groups -OCH3 is 1. The predicted octanol–water partition coefficient (Wildman–Crippen LogP) is 2.71. The van der Waals surface area contributed by atoms with Crippen molar-refractivity contribution in [3.05, 3.63) is 28.8 Å². The van der Waals surface area contributed by atoms with Gasteiger partial charge in [0.15, 0.2) is 0 Å². The van der Waals surface area contributed by atoms with Gasteiger partial charge in [0.25, 0.3) is 0 Å². The van der Waals surface area contributed by atoms with Crippen molar-refractivity contribution in [2.24, 2.45) is 0 Å². The second-order valence-corrected chi connectivity index (χ2v) is 2.61. The lowest BCUT2D eigenvalue weighted by Gasteiger charge is -2.03. The first-order valence-corrected chi connectivity index (χ1v) is 3.89. The van der Waals surface area contributed by atoms with Crippen LogP contribution >= 0.6 is 11.6 Å². The van der Waals surface area contributed by atoms with E-state index in [4.69, 9.17) is 16.3 Å². The fourth-order valence-corrected chi connectivity index (χ4v) is 1.12. The molecule has 0 saturated heterocycles. The van der Waals surface area contributed by atoms with Gasteiger partial charge in [0.1, 0.15) is 5.75 Å². The summed E-state index contributed by atoms with van der Waals surface area (Å²) >= 11 is 5.84. The van der Waals surface area contributed by atoms with Gasteiger partial charge in [-0.05, 0) is 24.1 Å². The summed E-state index contributed by atoms with van der Waals surface area (Å²) in [5, 5.41) is 0.688. The Morgan fingerprint density at radius 1 is 1.64 bits per heavy atom. The number of hydrogen-bond acceptors (Lipinski definition) is 1. The molecular formula is C9H10ClO. The van der Waals surface area contributed by atoms with Crippen LogP contribution in [-0.2, 0) is 6.42 Å². The highest BCUT2D eigenvalue weighted by Gasteiger charge is 1.99. The molecule has 1 aromatic carbocycles. The van der Waals surface area contributed by atoms with Gasteiger partial charge in [-0.1, -0.05) is 18.5 Å².